The molecule has 132 valence electrons. The van der Waals surface area contributed by atoms with Gasteiger partial charge in [-0.2, -0.15) is 5.10 Å². The molecule has 0 amide bonds. The first-order valence-corrected chi connectivity index (χ1v) is 8.33. The molecule has 24 heavy (non-hydrogen) atoms. The molecule has 1 N–H and O–H groups in total. The molecule has 0 aliphatic carbocycles. The summed E-state index contributed by atoms with van der Waals surface area (Å²) >= 11 is 0. The van der Waals surface area contributed by atoms with Crippen molar-refractivity contribution in [3.8, 4) is 0 Å². The van der Waals surface area contributed by atoms with Gasteiger partial charge in [0.1, 0.15) is 5.82 Å². The molecule has 1 fully saturated rings. The summed E-state index contributed by atoms with van der Waals surface area (Å²) in [7, 11) is 0. The molecule has 0 radical (unpaired) electrons. The number of nitrogens with one attached hydrogen (secondary N) is 1. The summed E-state index contributed by atoms with van der Waals surface area (Å²) in [5.74, 6) is 0.416. The molecule has 4 nitrogen and oxygen atoms in total. The topological polar surface area (TPSA) is 33.1 Å². The van der Waals surface area contributed by atoms with Crippen molar-refractivity contribution in [2.75, 3.05) is 19.6 Å². The van der Waals surface area contributed by atoms with Gasteiger partial charge in [-0.15, -0.1) is 12.4 Å². The number of benzene rings is 1. The highest BCUT2D eigenvalue weighted by atomic mass is 35.5. The Bertz CT molecular complexity index is 643. The molecule has 0 spiro atoms. The van der Waals surface area contributed by atoms with E-state index in [1.54, 1.807) is 12.1 Å². The SMILES string of the molecule is CC(C)Cn1cc(CN2CCNCC2c2cccc(F)c2)cn1.Cl. The molecule has 1 aliphatic rings. The molecule has 0 bridgehead atoms. The van der Waals surface area contributed by atoms with E-state index in [2.05, 4.69) is 35.4 Å². The minimum absolute atomic E-state index is 0. The summed E-state index contributed by atoms with van der Waals surface area (Å²) in [4.78, 5) is 2.40. The molecule has 1 aliphatic heterocycles. The van der Waals surface area contributed by atoms with E-state index < -0.39 is 0 Å². The van der Waals surface area contributed by atoms with Gasteiger partial charge in [-0.05, 0) is 23.6 Å². The van der Waals surface area contributed by atoms with Crippen molar-refractivity contribution >= 4 is 12.4 Å². The van der Waals surface area contributed by atoms with Crippen molar-refractivity contribution in [3.05, 3.63) is 53.6 Å². The van der Waals surface area contributed by atoms with E-state index in [9.17, 15) is 4.39 Å². The average Bonchev–Trinajstić information content (AvgIpc) is 2.94. The van der Waals surface area contributed by atoms with Crippen molar-refractivity contribution < 1.29 is 4.39 Å². The number of aromatic nitrogens is 2. The lowest BCUT2D eigenvalue weighted by Crippen LogP contribution is -2.45. The first-order valence-electron chi connectivity index (χ1n) is 8.33. The number of halogens is 2. The maximum atomic E-state index is 13.5. The lowest BCUT2D eigenvalue weighted by atomic mass is 10.0. The molecule has 2 aromatic rings. The first kappa shape index (κ1) is 18.9. The summed E-state index contributed by atoms with van der Waals surface area (Å²) in [5.41, 5.74) is 2.25. The van der Waals surface area contributed by atoms with Crippen LogP contribution in [0.3, 0.4) is 0 Å². The van der Waals surface area contributed by atoms with E-state index >= 15 is 0 Å². The van der Waals surface area contributed by atoms with Crippen LogP contribution in [-0.2, 0) is 13.1 Å². The number of nitrogens with zero attached hydrogens (tertiary/aromatic N) is 3. The fraction of sp³-hybridized carbons (Fsp3) is 0.500. The number of hydrogen-bond acceptors (Lipinski definition) is 3. The zero-order valence-corrected chi connectivity index (χ0v) is 15.1. The van der Waals surface area contributed by atoms with Crippen molar-refractivity contribution in [3.63, 3.8) is 0 Å². The lowest BCUT2D eigenvalue weighted by Gasteiger charge is -2.36. The summed E-state index contributed by atoms with van der Waals surface area (Å²) in [6.45, 7) is 8.94. The molecular weight excluding hydrogens is 327 g/mol. The van der Waals surface area contributed by atoms with Gasteiger partial charge in [0.25, 0.3) is 0 Å². The van der Waals surface area contributed by atoms with Crippen molar-refractivity contribution in [2.24, 2.45) is 5.92 Å². The Labute approximate surface area is 149 Å². The fourth-order valence-corrected chi connectivity index (χ4v) is 3.17. The van der Waals surface area contributed by atoms with Gasteiger partial charge in [0.2, 0.25) is 0 Å². The van der Waals surface area contributed by atoms with Gasteiger partial charge in [0, 0.05) is 50.5 Å². The van der Waals surface area contributed by atoms with Gasteiger partial charge in [0.05, 0.1) is 6.20 Å². The normalized spacial score (nSPS) is 18.6. The lowest BCUT2D eigenvalue weighted by molar-refractivity contribution is 0.153. The van der Waals surface area contributed by atoms with E-state index in [1.165, 1.54) is 11.6 Å². The van der Waals surface area contributed by atoms with E-state index in [0.717, 1.165) is 38.3 Å². The number of rotatable bonds is 5. The first-order chi connectivity index (χ1) is 11.1. The van der Waals surface area contributed by atoms with E-state index in [1.807, 2.05) is 16.9 Å². The summed E-state index contributed by atoms with van der Waals surface area (Å²) in [5, 5.41) is 7.86. The highest BCUT2D eigenvalue weighted by Crippen LogP contribution is 2.24. The van der Waals surface area contributed by atoms with Gasteiger partial charge in [-0.1, -0.05) is 26.0 Å². The molecule has 1 aromatic heterocycles. The second-order valence-electron chi connectivity index (χ2n) is 6.71. The molecule has 3 rings (SSSR count). The second-order valence-corrected chi connectivity index (χ2v) is 6.71. The maximum absolute atomic E-state index is 13.5. The van der Waals surface area contributed by atoms with Crippen LogP contribution < -0.4 is 5.32 Å². The Morgan fingerprint density at radius 3 is 2.96 bits per heavy atom. The van der Waals surface area contributed by atoms with Crippen LogP contribution in [0.15, 0.2) is 36.7 Å². The molecular formula is C18H26ClFN4. The van der Waals surface area contributed by atoms with Gasteiger partial charge >= 0.3 is 0 Å². The van der Waals surface area contributed by atoms with Crippen molar-refractivity contribution in [1.29, 1.82) is 0 Å². The van der Waals surface area contributed by atoms with Gasteiger partial charge < -0.3 is 5.32 Å². The standard InChI is InChI=1S/C18H25FN4.ClH/c1-14(2)11-23-13-15(9-21-23)12-22-7-6-20-10-18(22)16-4-3-5-17(19)8-16;/h3-5,8-9,13-14,18,20H,6-7,10-12H2,1-2H3;1H. The summed E-state index contributed by atoms with van der Waals surface area (Å²) < 4.78 is 15.6. The molecule has 1 saturated heterocycles. The van der Waals surface area contributed by atoms with Crippen LogP contribution in [0.1, 0.15) is 31.0 Å². The minimum atomic E-state index is -0.169. The highest BCUT2D eigenvalue weighted by molar-refractivity contribution is 5.85. The minimum Gasteiger partial charge on any atom is -0.314 e. The Morgan fingerprint density at radius 2 is 2.21 bits per heavy atom. The zero-order valence-electron chi connectivity index (χ0n) is 14.3. The largest absolute Gasteiger partial charge is 0.314 e. The van der Waals surface area contributed by atoms with Crippen LogP contribution in [-0.4, -0.2) is 34.3 Å². The molecule has 0 saturated carbocycles. The molecule has 1 aromatic carbocycles. The third-order valence-electron chi connectivity index (χ3n) is 4.21. The zero-order chi connectivity index (χ0) is 16.2. The van der Waals surface area contributed by atoms with Crippen molar-refractivity contribution in [1.82, 2.24) is 20.0 Å². The van der Waals surface area contributed by atoms with Gasteiger partial charge in [-0.3, -0.25) is 9.58 Å². The monoisotopic (exact) mass is 352 g/mol. The summed E-state index contributed by atoms with van der Waals surface area (Å²) in [6, 6.07) is 7.15. The molecule has 1 atom stereocenters. The smallest absolute Gasteiger partial charge is 0.123 e. The third-order valence-corrected chi connectivity index (χ3v) is 4.21. The van der Waals surface area contributed by atoms with Crippen LogP contribution in [0.25, 0.3) is 0 Å². The average molecular weight is 353 g/mol. The quantitative estimate of drug-likeness (QED) is 0.896. The fourth-order valence-electron chi connectivity index (χ4n) is 3.17. The Kier molecular flexibility index (Phi) is 6.78. The van der Waals surface area contributed by atoms with E-state index in [0.29, 0.717) is 5.92 Å². The highest BCUT2D eigenvalue weighted by Gasteiger charge is 2.24. The van der Waals surface area contributed by atoms with Crippen LogP contribution in [0.5, 0.6) is 0 Å². The Balaban J connectivity index is 0.00000208. The maximum Gasteiger partial charge on any atom is 0.123 e. The summed E-state index contributed by atoms with van der Waals surface area (Å²) in [6.07, 6.45) is 4.08. The third kappa shape index (κ3) is 4.79. The molecule has 6 heteroatoms. The van der Waals surface area contributed by atoms with Crippen LogP contribution in [0, 0.1) is 11.7 Å². The van der Waals surface area contributed by atoms with Crippen LogP contribution in [0.4, 0.5) is 4.39 Å². The van der Waals surface area contributed by atoms with Gasteiger partial charge in [-0.25, -0.2) is 4.39 Å². The van der Waals surface area contributed by atoms with E-state index in [4.69, 9.17) is 0 Å². The van der Waals surface area contributed by atoms with Crippen LogP contribution in [0.2, 0.25) is 0 Å². The Hall–Kier alpha value is -1.43. The van der Waals surface area contributed by atoms with Crippen molar-refractivity contribution in [2.45, 2.75) is 33.0 Å². The predicted octanol–water partition coefficient (Wildman–Crippen LogP) is 3.25. The Morgan fingerprint density at radius 1 is 1.38 bits per heavy atom. The molecule has 2 heterocycles. The molecule has 1 unspecified atom stereocenters. The van der Waals surface area contributed by atoms with Crippen LogP contribution >= 0.6 is 12.4 Å². The second kappa shape index (κ2) is 8.60. The number of piperazine rings is 1. The van der Waals surface area contributed by atoms with E-state index in [-0.39, 0.29) is 24.3 Å². The number of hydrogen-bond donors (Lipinski definition) is 1. The van der Waals surface area contributed by atoms with Gasteiger partial charge in [0.15, 0.2) is 0 Å². The predicted molar refractivity (Wildman–Crippen MR) is 96.7 cm³/mol.